The van der Waals surface area contributed by atoms with Gasteiger partial charge < -0.3 is 4.57 Å². The molecule has 0 unspecified atom stereocenters. The summed E-state index contributed by atoms with van der Waals surface area (Å²) in [5.74, 6) is -0.673. The number of Topliss-reactive ketones (excluding diaryl/α,β-unsaturated/α-hetero) is 1. The van der Waals surface area contributed by atoms with E-state index in [2.05, 4.69) is 9.71 Å². The maximum Gasteiger partial charge on any atom is 0.238 e. The molecule has 0 aliphatic rings. The molecule has 0 saturated carbocycles. The van der Waals surface area contributed by atoms with Crippen LogP contribution in [0.15, 0.2) is 89.9 Å². The number of anilines is 1. The molecule has 1 N–H and O–H groups in total. The van der Waals surface area contributed by atoms with E-state index >= 15 is 0 Å². The van der Waals surface area contributed by atoms with Crippen molar-refractivity contribution in [2.75, 3.05) is 4.72 Å². The van der Waals surface area contributed by atoms with Gasteiger partial charge in [-0.2, -0.15) is 0 Å². The van der Waals surface area contributed by atoms with Crippen LogP contribution in [0.1, 0.15) is 28.4 Å². The Bertz CT molecular complexity index is 1810. The number of ketones is 1. The second kappa shape index (κ2) is 10.5. The normalized spacial score (nSPS) is 11.5. The third-order valence-corrected chi connectivity index (χ3v) is 8.56. The summed E-state index contributed by atoms with van der Waals surface area (Å²) in [5.41, 5.74) is 3.08. The molecule has 10 heteroatoms. The second-order valence-electron chi connectivity index (χ2n) is 8.74. The van der Waals surface area contributed by atoms with Crippen LogP contribution < -0.4 is 10.2 Å². The fraction of sp³-hybridized carbons (Fsp3) is 0.107. The molecule has 0 atom stereocenters. The molecular weight excluding hydrogens is 542 g/mol. The lowest BCUT2D eigenvalue weighted by Crippen LogP contribution is -2.18. The Morgan fingerprint density at radius 3 is 2.39 bits per heavy atom. The number of fused-ring (bicyclic) bond motifs is 1. The number of hydrogen-bond acceptors (Lipinski definition) is 6. The summed E-state index contributed by atoms with van der Waals surface area (Å²) in [6.07, 6.45) is 1.53. The zero-order valence-electron chi connectivity index (χ0n) is 20.2. The molecule has 3 aromatic carbocycles. The van der Waals surface area contributed by atoms with E-state index in [0.29, 0.717) is 22.0 Å². The predicted molar refractivity (Wildman–Crippen MR) is 153 cm³/mol. The van der Waals surface area contributed by atoms with Gasteiger partial charge in [-0.15, -0.1) is 0 Å². The van der Waals surface area contributed by atoms with Gasteiger partial charge in [-0.3, -0.25) is 14.3 Å². The molecule has 0 aliphatic heterocycles. The molecule has 5 rings (SSSR count). The molecule has 0 saturated heterocycles. The standard InChI is InChI=1S/C28H22ClN3O4S2/c1-18(33)24-16-32(15-21-9-5-6-10-23(21)20-7-3-2-4-8-20)27-25(26(24)34)30-28(37-27)31-38(35,36)17-19-11-13-22(29)14-12-19/h2-14,16H,15,17H2,1H3,(H,30,31). The molecule has 2 heterocycles. The van der Waals surface area contributed by atoms with E-state index in [1.165, 1.54) is 13.1 Å². The van der Waals surface area contributed by atoms with Gasteiger partial charge in [-0.05, 0) is 41.3 Å². The number of sulfonamides is 1. The van der Waals surface area contributed by atoms with Crippen molar-refractivity contribution in [1.29, 1.82) is 0 Å². The summed E-state index contributed by atoms with van der Waals surface area (Å²) in [5, 5.41) is 0.560. The van der Waals surface area contributed by atoms with Crippen LogP contribution in [0.4, 0.5) is 5.13 Å². The van der Waals surface area contributed by atoms with Crippen LogP contribution in [0.3, 0.4) is 0 Å². The quantitative estimate of drug-likeness (QED) is 0.234. The number of rotatable bonds is 8. The molecule has 7 nitrogen and oxygen atoms in total. The van der Waals surface area contributed by atoms with Crippen LogP contribution in [0.5, 0.6) is 0 Å². The Labute approximate surface area is 228 Å². The van der Waals surface area contributed by atoms with Gasteiger partial charge in [-0.25, -0.2) is 13.4 Å². The molecule has 0 fully saturated rings. The Balaban J connectivity index is 1.55. The molecule has 0 amide bonds. The maximum atomic E-state index is 13.1. The van der Waals surface area contributed by atoms with Gasteiger partial charge in [0, 0.05) is 17.8 Å². The maximum absolute atomic E-state index is 13.1. The van der Waals surface area contributed by atoms with Gasteiger partial charge >= 0.3 is 0 Å². The minimum Gasteiger partial charge on any atom is -0.333 e. The van der Waals surface area contributed by atoms with Gasteiger partial charge in [0.2, 0.25) is 15.5 Å². The van der Waals surface area contributed by atoms with Gasteiger partial charge in [0.25, 0.3) is 0 Å². The summed E-state index contributed by atoms with van der Waals surface area (Å²) < 4.78 is 30.0. The van der Waals surface area contributed by atoms with E-state index in [9.17, 15) is 18.0 Å². The topological polar surface area (TPSA) is 98.1 Å². The third kappa shape index (κ3) is 5.55. The SMILES string of the molecule is CC(=O)c1cn(Cc2ccccc2-c2ccccc2)c2sc(NS(=O)(=O)Cc3ccc(Cl)cc3)nc2c1=O. The Hall–Kier alpha value is -3.79. The number of pyridine rings is 1. The van der Waals surface area contributed by atoms with E-state index in [1.54, 1.807) is 28.8 Å². The highest BCUT2D eigenvalue weighted by Crippen LogP contribution is 2.29. The molecule has 0 spiro atoms. The highest BCUT2D eigenvalue weighted by molar-refractivity contribution is 7.92. The van der Waals surface area contributed by atoms with Crippen LogP contribution in [-0.2, 0) is 22.3 Å². The van der Waals surface area contributed by atoms with E-state index in [0.717, 1.165) is 28.0 Å². The van der Waals surface area contributed by atoms with Crippen LogP contribution in [0.25, 0.3) is 21.5 Å². The monoisotopic (exact) mass is 563 g/mol. The van der Waals surface area contributed by atoms with Gasteiger partial charge in [0.15, 0.2) is 10.9 Å². The smallest absolute Gasteiger partial charge is 0.238 e. The molecule has 5 aromatic rings. The molecule has 38 heavy (non-hydrogen) atoms. The first-order chi connectivity index (χ1) is 18.2. The number of benzene rings is 3. The molecule has 0 bridgehead atoms. The van der Waals surface area contributed by atoms with E-state index in [1.807, 2.05) is 54.6 Å². The average Bonchev–Trinajstić information content (AvgIpc) is 3.31. The summed E-state index contributed by atoms with van der Waals surface area (Å²) in [6.45, 7) is 1.67. The van der Waals surface area contributed by atoms with Gasteiger partial charge in [0.05, 0.1) is 11.3 Å². The molecule has 0 radical (unpaired) electrons. The number of nitrogens with zero attached hydrogens (tertiary/aromatic N) is 2. The van der Waals surface area contributed by atoms with Crippen LogP contribution in [0.2, 0.25) is 5.02 Å². The fourth-order valence-electron chi connectivity index (χ4n) is 4.18. The van der Waals surface area contributed by atoms with Crippen molar-refractivity contribution in [2.24, 2.45) is 0 Å². The number of carbonyl (C=O) groups is 1. The highest BCUT2D eigenvalue weighted by Gasteiger charge is 2.21. The lowest BCUT2D eigenvalue weighted by molar-refractivity contribution is 0.101. The number of nitrogens with one attached hydrogen (secondary N) is 1. The van der Waals surface area contributed by atoms with Crippen LogP contribution in [-0.4, -0.2) is 23.8 Å². The van der Waals surface area contributed by atoms with Crippen molar-refractivity contribution in [1.82, 2.24) is 9.55 Å². The first kappa shape index (κ1) is 25.8. The van der Waals surface area contributed by atoms with Crippen molar-refractivity contribution in [2.45, 2.75) is 19.2 Å². The number of hydrogen-bond donors (Lipinski definition) is 1. The van der Waals surface area contributed by atoms with Crippen LogP contribution in [0, 0.1) is 0 Å². The summed E-state index contributed by atoms with van der Waals surface area (Å²) in [4.78, 5) is 30.2. The number of thiazole rings is 1. The minimum absolute atomic E-state index is 0.00411. The first-order valence-corrected chi connectivity index (χ1v) is 14.5. The van der Waals surface area contributed by atoms with Crippen LogP contribution >= 0.6 is 22.9 Å². The van der Waals surface area contributed by atoms with Gasteiger partial charge in [0.1, 0.15) is 10.3 Å². The molecule has 2 aromatic heterocycles. The van der Waals surface area contributed by atoms with Crippen molar-refractivity contribution in [3.63, 3.8) is 0 Å². The zero-order valence-corrected chi connectivity index (χ0v) is 22.6. The zero-order chi connectivity index (χ0) is 26.9. The minimum atomic E-state index is -3.83. The Morgan fingerprint density at radius 2 is 1.68 bits per heavy atom. The Kier molecular flexibility index (Phi) is 7.16. The predicted octanol–water partition coefficient (Wildman–Crippen LogP) is 5.97. The van der Waals surface area contributed by atoms with E-state index in [-0.39, 0.29) is 27.7 Å². The lowest BCUT2D eigenvalue weighted by Gasteiger charge is -2.13. The summed E-state index contributed by atoms with van der Waals surface area (Å²) >= 11 is 6.94. The fourth-order valence-corrected chi connectivity index (χ4v) is 6.66. The Morgan fingerprint density at radius 1 is 1.00 bits per heavy atom. The number of carbonyl (C=O) groups excluding carboxylic acids is 1. The van der Waals surface area contributed by atoms with Crippen molar-refractivity contribution < 1.29 is 13.2 Å². The summed E-state index contributed by atoms with van der Waals surface area (Å²) in [6, 6.07) is 24.3. The van der Waals surface area contributed by atoms with Crippen molar-refractivity contribution in [3.8, 4) is 11.1 Å². The summed E-state index contributed by atoms with van der Waals surface area (Å²) in [7, 11) is -3.83. The third-order valence-electron chi connectivity index (χ3n) is 5.95. The number of aromatic nitrogens is 2. The second-order valence-corrected chi connectivity index (χ2v) is 11.9. The molecule has 0 aliphatic carbocycles. The van der Waals surface area contributed by atoms with E-state index < -0.39 is 15.5 Å². The van der Waals surface area contributed by atoms with Gasteiger partial charge in [-0.1, -0.05) is 89.7 Å². The molecule has 192 valence electrons. The number of halogens is 1. The largest absolute Gasteiger partial charge is 0.333 e. The van der Waals surface area contributed by atoms with Crippen molar-refractivity contribution >= 4 is 54.2 Å². The molecular formula is C28H22ClN3O4S2. The lowest BCUT2D eigenvalue weighted by atomic mass is 9.99. The first-order valence-electron chi connectivity index (χ1n) is 11.6. The van der Waals surface area contributed by atoms with Crippen molar-refractivity contribution in [3.05, 3.63) is 117 Å². The van der Waals surface area contributed by atoms with E-state index in [4.69, 9.17) is 11.6 Å². The highest BCUT2D eigenvalue weighted by atomic mass is 35.5. The average molecular weight is 564 g/mol.